The molecule has 0 saturated heterocycles. The Morgan fingerprint density at radius 2 is 1.63 bits per heavy atom. The number of hydrogen-bond donors (Lipinski definition) is 1. The smallest absolute Gasteiger partial charge is 0.380 e. The second-order valence-electron chi connectivity index (χ2n) is 10.2. The quantitative estimate of drug-likeness (QED) is 0.237. The van der Waals surface area contributed by atoms with Gasteiger partial charge in [-0.15, -0.1) is 0 Å². The van der Waals surface area contributed by atoms with E-state index in [9.17, 15) is 35.9 Å². The van der Waals surface area contributed by atoms with Crippen molar-refractivity contribution in [3.05, 3.63) is 58.4 Å². The number of carbonyl (C=O) groups excluding carboxylic acids is 2. The van der Waals surface area contributed by atoms with Gasteiger partial charge in [-0.05, 0) is 57.0 Å². The van der Waals surface area contributed by atoms with Crippen LogP contribution in [0.5, 0.6) is 0 Å². The molecule has 2 amide bonds. The summed E-state index contributed by atoms with van der Waals surface area (Å²) in [5, 5.41) is 7.31. The lowest BCUT2D eigenvalue weighted by molar-refractivity contribution is -0.143. The zero-order chi connectivity index (χ0) is 30.8. The molecule has 0 aliphatic carbocycles. The molecule has 0 fully saturated rings. The molecule has 2 aromatic rings. The lowest BCUT2D eigenvalue weighted by Crippen LogP contribution is -2.32. The summed E-state index contributed by atoms with van der Waals surface area (Å²) >= 11 is 0. The summed E-state index contributed by atoms with van der Waals surface area (Å²) in [6, 6.07) is 3.37. The van der Waals surface area contributed by atoms with Crippen molar-refractivity contribution in [3.8, 4) is 0 Å². The van der Waals surface area contributed by atoms with Crippen molar-refractivity contribution in [2.45, 2.75) is 64.8 Å². The number of hydrogen-bond acceptors (Lipinski definition) is 5. The average molecular weight is 593 g/mol. The molecule has 0 unspecified atom stereocenters. The lowest BCUT2D eigenvalue weighted by Gasteiger charge is -2.23. The molecule has 1 aromatic heterocycles. The molecule has 0 spiro atoms. The van der Waals surface area contributed by atoms with E-state index in [1.807, 2.05) is 37.6 Å². The van der Waals surface area contributed by atoms with Crippen LogP contribution in [-0.2, 0) is 51.1 Å². The van der Waals surface area contributed by atoms with Gasteiger partial charge in [0.2, 0.25) is 12.8 Å². The van der Waals surface area contributed by atoms with Crippen LogP contribution in [0, 0.1) is 0 Å². The first-order valence-electron chi connectivity index (χ1n) is 12.6. The molecule has 0 bridgehead atoms. The van der Waals surface area contributed by atoms with Gasteiger partial charge in [0, 0.05) is 25.8 Å². The Bertz CT molecular complexity index is 1150. The lowest BCUT2D eigenvalue weighted by atomic mass is 10.1. The Morgan fingerprint density at radius 3 is 2.15 bits per heavy atom. The predicted octanol–water partition coefficient (Wildman–Crippen LogP) is 5.06. The van der Waals surface area contributed by atoms with E-state index in [2.05, 4.69) is 15.2 Å². The fourth-order valence-electron chi connectivity index (χ4n) is 3.72. The van der Waals surface area contributed by atoms with E-state index in [1.54, 1.807) is 4.90 Å². The number of aromatic nitrogens is 2. The largest absolute Gasteiger partial charge is 0.416 e. The highest BCUT2D eigenvalue weighted by atomic mass is 19.4. The number of nitrogens with one attached hydrogen (secondary N) is 1. The van der Waals surface area contributed by atoms with E-state index in [-0.39, 0.29) is 23.8 Å². The van der Waals surface area contributed by atoms with E-state index in [0.29, 0.717) is 57.7 Å². The van der Waals surface area contributed by atoms with Gasteiger partial charge in [0.15, 0.2) is 0 Å². The number of amides is 2. The van der Waals surface area contributed by atoms with Crippen LogP contribution >= 0.6 is 0 Å². The third-order valence-corrected chi connectivity index (χ3v) is 5.69. The zero-order valence-corrected chi connectivity index (χ0v) is 23.2. The molecule has 41 heavy (non-hydrogen) atoms. The van der Waals surface area contributed by atoms with E-state index < -0.39 is 23.5 Å². The zero-order valence-electron chi connectivity index (χ0n) is 23.2. The summed E-state index contributed by atoms with van der Waals surface area (Å²) in [4.78, 5) is 23.1. The number of fused-ring (bicyclic) bond motifs is 1. The molecular formula is C27H34F6N4O4. The summed E-state index contributed by atoms with van der Waals surface area (Å²) in [5.74, 6) is 0. The van der Waals surface area contributed by atoms with Gasteiger partial charge < -0.3 is 19.7 Å². The summed E-state index contributed by atoms with van der Waals surface area (Å²) in [6.07, 6.45) is -5.30. The molecule has 0 radical (unpaired) electrons. The van der Waals surface area contributed by atoms with Gasteiger partial charge in [0.1, 0.15) is 0 Å². The molecule has 3 rings (SSSR count). The Hall–Kier alpha value is -3.39. The maximum absolute atomic E-state index is 12.4. The maximum Gasteiger partial charge on any atom is 0.416 e. The van der Waals surface area contributed by atoms with Crippen molar-refractivity contribution < 1.29 is 45.4 Å². The standard InChI is InChI=1S/C17H26N4O3.C10H8F6O/c1-17(2,3)24-11-14(5-4-6-18-12-22)16-9-15-10-20(13-23)7-8-21(15)19-16;1-17-5-6-2-7(9(11,12)13)4-8(3-6)10(14,15)16/h5,9,12-13H,4,6-8,10-11H2,1-3H3,(H,18,22);2-4H,5H2,1H3/b14-5+;. The molecule has 1 aliphatic heterocycles. The minimum atomic E-state index is -4.82. The molecule has 0 atom stereocenters. The van der Waals surface area contributed by atoms with E-state index in [1.165, 1.54) is 7.11 Å². The number of benzene rings is 1. The topological polar surface area (TPSA) is 85.7 Å². The molecule has 228 valence electrons. The van der Waals surface area contributed by atoms with Crippen LogP contribution in [0.2, 0.25) is 0 Å². The third kappa shape index (κ3) is 11.2. The van der Waals surface area contributed by atoms with E-state index in [4.69, 9.17) is 4.74 Å². The van der Waals surface area contributed by atoms with E-state index >= 15 is 0 Å². The van der Waals surface area contributed by atoms with Gasteiger partial charge in [-0.3, -0.25) is 14.3 Å². The number of carbonyl (C=O) groups is 2. The van der Waals surface area contributed by atoms with Gasteiger partial charge in [-0.2, -0.15) is 31.4 Å². The molecular weight excluding hydrogens is 558 g/mol. The number of alkyl halides is 6. The van der Waals surface area contributed by atoms with Gasteiger partial charge in [-0.1, -0.05) is 6.08 Å². The van der Waals surface area contributed by atoms with Crippen LogP contribution in [0.3, 0.4) is 0 Å². The van der Waals surface area contributed by atoms with Crippen molar-refractivity contribution in [1.29, 1.82) is 0 Å². The Morgan fingerprint density at radius 1 is 1.00 bits per heavy atom. The molecule has 8 nitrogen and oxygen atoms in total. The SMILES string of the molecule is CC(C)(C)OC/C(=C\CCNC=O)c1cc2n(n1)CCN(C=O)C2.COCc1cc(C(F)(F)F)cc(C(F)(F)F)c1. The van der Waals surface area contributed by atoms with Crippen molar-refractivity contribution in [2.75, 3.05) is 26.8 Å². The monoisotopic (exact) mass is 592 g/mol. The Kier molecular flexibility index (Phi) is 11.9. The van der Waals surface area contributed by atoms with Crippen LogP contribution in [-0.4, -0.2) is 59.9 Å². The molecule has 1 aromatic carbocycles. The highest BCUT2D eigenvalue weighted by Crippen LogP contribution is 2.36. The third-order valence-electron chi connectivity index (χ3n) is 5.69. The normalized spacial score (nSPS) is 14.2. The van der Waals surface area contributed by atoms with Crippen LogP contribution in [0.4, 0.5) is 26.3 Å². The van der Waals surface area contributed by atoms with Crippen LogP contribution in [0.1, 0.15) is 55.3 Å². The first-order chi connectivity index (χ1) is 19.1. The second kappa shape index (κ2) is 14.5. The Balaban J connectivity index is 0.000000305. The van der Waals surface area contributed by atoms with Crippen molar-refractivity contribution in [1.82, 2.24) is 20.0 Å². The first kappa shape index (κ1) is 33.8. The molecule has 14 heteroatoms. The second-order valence-corrected chi connectivity index (χ2v) is 10.2. The van der Waals surface area contributed by atoms with Crippen LogP contribution in [0.15, 0.2) is 30.3 Å². The number of nitrogens with zero attached hydrogens (tertiary/aromatic N) is 3. The number of methoxy groups -OCH3 is 1. The minimum absolute atomic E-state index is 0.0825. The average Bonchev–Trinajstić information content (AvgIpc) is 3.30. The Labute approximate surface area is 234 Å². The first-order valence-corrected chi connectivity index (χ1v) is 12.6. The fraction of sp³-hybridized carbons (Fsp3) is 0.519. The van der Waals surface area contributed by atoms with Crippen LogP contribution in [0.25, 0.3) is 5.57 Å². The predicted molar refractivity (Wildman–Crippen MR) is 138 cm³/mol. The minimum Gasteiger partial charge on any atom is -0.380 e. The summed E-state index contributed by atoms with van der Waals surface area (Å²) in [6.45, 7) is 8.72. The molecule has 0 saturated carbocycles. The molecule has 2 heterocycles. The summed E-state index contributed by atoms with van der Waals surface area (Å²) in [5.41, 5.74) is -0.192. The van der Waals surface area contributed by atoms with E-state index in [0.717, 1.165) is 23.4 Å². The van der Waals surface area contributed by atoms with Gasteiger partial charge in [0.05, 0.1) is 54.4 Å². The molecule has 1 aliphatic rings. The maximum atomic E-state index is 12.4. The van der Waals surface area contributed by atoms with Crippen molar-refractivity contribution >= 4 is 18.4 Å². The molecule has 1 N–H and O–H groups in total. The highest BCUT2D eigenvalue weighted by molar-refractivity contribution is 5.64. The summed E-state index contributed by atoms with van der Waals surface area (Å²) in [7, 11) is 1.19. The highest BCUT2D eigenvalue weighted by Gasteiger charge is 2.36. The van der Waals surface area contributed by atoms with Crippen molar-refractivity contribution in [3.63, 3.8) is 0 Å². The summed E-state index contributed by atoms with van der Waals surface area (Å²) < 4.78 is 86.6. The van der Waals surface area contributed by atoms with Gasteiger partial charge in [0.25, 0.3) is 0 Å². The fourth-order valence-corrected chi connectivity index (χ4v) is 3.72. The number of halogens is 6. The van der Waals surface area contributed by atoms with Crippen molar-refractivity contribution in [2.24, 2.45) is 0 Å². The number of ether oxygens (including phenoxy) is 2. The van der Waals surface area contributed by atoms with Crippen LogP contribution < -0.4 is 5.32 Å². The van der Waals surface area contributed by atoms with Gasteiger partial charge in [-0.25, -0.2) is 0 Å². The number of rotatable bonds is 10. The van der Waals surface area contributed by atoms with Gasteiger partial charge >= 0.3 is 12.4 Å².